The van der Waals surface area contributed by atoms with Gasteiger partial charge in [-0.2, -0.15) is 0 Å². The Kier molecular flexibility index (Phi) is 4.24. The monoisotopic (exact) mass is 190 g/mol. The van der Waals surface area contributed by atoms with Gasteiger partial charge in [0, 0.05) is 0 Å². The average molecular weight is 190 g/mol. The number of hydrogen-bond donors (Lipinski definition) is 0. The molecule has 1 aromatic rings. The van der Waals surface area contributed by atoms with E-state index in [0.29, 0.717) is 0 Å². The summed E-state index contributed by atoms with van der Waals surface area (Å²) in [4.78, 5) is 0. The second-order valence-corrected chi connectivity index (χ2v) is 3.22. The zero-order valence-corrected chi connectivity index (χ0v) is 9.21. The minimum absolute atomic E-state index is 0.917. The van der Waals surface area contributed by atoms with Crippen LogP contribution in [0.3, 0.4) is 0 Å². The predicted molar refractivity (Wildman–Crippen MR) is 61.6 cm³/mol. The lowest BCUT2D eigenvalue weighted by molar-refractivity contribution is 0.415. The summed E-state index contributed by atoms with van der Waals surface area (Å²) in [6.45, 7) is 4.35. The molecule has 0 bridgehead atoms. The van der Waals surface area contributed by atoms with E-state index in [1.165, 1.54) is 11.1 Å². The molecular weight excluding hydrogens is 172 g/mol. The second-order valence-electron chi connectivity index (χ2n) is 3.22. The van der Waals surface area contributed by atoms with Gasteiger partial charge in [-0.25, -0.2) is 0 Å². The molecule has 0 atom stereocenters. The van der Waals surface area contributed by atoms with Crippen LogP contribution in [0.25, 0.3) is 5.57 Å². The van der Waals surface area contributed by atoms with E-state index in [9.17, 15) is 0 Å². The van der Waals surface area contributed by atoms with Crippen LogP contribution in [-0.4, -0.2) is 7.11 Å². The first-order valence-corrected chi connectivity index (χ1v) is 5.15. The maximum atomic E-state index is 5.12. The molecule has 0 heterocycles. The molecule has 0 radical (unpaired) electrons. The Morgan fingerprint density at radius 1 is 1.21 bits per heavy atom. The maximum absolute atomic E-state index is 5.12. The molecule has 1 aromatic carbocycles. The molecule has 0 aliphatic rings. The third-order valence-electron chi connectivity index (χ3n) is 2.29. The number of ether oxygens (including phenoxy) is 1. The molecule has 0 unspecified atom stereocenters. The fraction of sp³-hybridized carbons (Fsp3) is 0.385. The van der Waals surface area contributed by atoms with Crippen LogP contribution in [-0.2, 0) is 0 Å². The Labute approximate surface area is 86.4 Å². The number of methoxy groups -OCH3 is 1. The van der Waals surface area contributed by atoms with E-state index in [2.05, 4.69) is 32.1 Å². The highest BCUT2D eigenvalue weighted by Gasteiger charge is 1.98. The van der Waals surface area contributed by atoms with E-state index in [-0.39, 0.29) is 0 Å². The molecule has 1 heteroatoms. The van der Waals surface area contributed by atoms with Crippen LogP contribution in [0, 0.1) is 0 Å². The van der Waals surface area contributed by atoms with Gasteiger partial charge in [-0.05, 0) is 36.1 Å². The summed E-state index contributed by atoms with van der Waals surface area (Å²) >= 11 is 0. The van der Waals surface area contributed by atoms with Gasteiger partial charge in [0.2, 0.25) is 0 Å². The molecule has 0 saturated heterocycles. The van der Waals surface area contributed by atoms with Gasteiger partial charge in [0.25, 0.3) is 0 Å². The van der Waals surface area contributed by atoms with E-state index in [1.54, 1.807) is 7.11 Å². The molecule has 0 fully saturated rings. The van der Waals surface area contributed by atoms with Gasteiger partial charge in [-0.1, -0.05) is 32.1 Å². The molecule has 1 rings (SSSR count). The van der Waals surface area contributed by atoms with Crippen molar-refractivity contribution in [2.24, 2.45) is 0 Å². The Morgan fingerprint density at radius 2 is 1.86 bits per heavy atom. The van der Waals surface area contributed by atoms with Crippen molar-refractivity contribution < 1.29 is 4.74 Å². The summed E-state index contributed by atoms with van der Waals surface area (Å²) in [5, 5.41) is 0. The van der Waals surface area contributed by atoms with Crippen LogP contribution >= 0.6 is 0 Å². The van der Waals surface area contributed by atoms with Gasteiger partial charge in [0.15, 0.2) is 0 Å². The summed E-state index contributed by atoms with van der Waals surface area (Å²) in [6.07, 6.45) is 4.46. The van der Waals surface area contributed by atoms with E-state index in [4.69, 9.17) is 4.74 Å². The third kappa shape index (κ3) is 2.63. The molecule has 0 N–H and O–H groups in total. The fourth-order valence-corrected chi connectivity index (χ4v) is 1.52. The number of rotatable bonds is 4. The molecule has 0 amide bonds. The number of allylic oxidation sites excluding steroid dienone is 2. The van der Waals surface area contributed by atoms with Gasteiger partial charge < -0.3 is 4.74 Å². The van der Waals surface area contributed by atoms with Crippen molar-refractivity contribution in [3.63, 3.8) is 0 Å². The van der Waals surface area contributed by atoms with Crippen molar-refractivity contribution >= 4 is 5.57 Å². The standard InChI is InChI=1S/C13H18O/c1-4-6-11(5-2)12-7-9-13(14-3)10-8-12/h6-10H,4-5H2,1-3H3/b11-6+. The normalized spacial score (nSPS) is 11.5. The van der Waals surface area contributed by atoms with E-state index in [1.807, 2.05) is 12.1 Å². The summed E-state index contributed by atoms with van der Waals surface area (Å²) in [5.41, 5.74) is 2.71. The molecule has 14 heavy (non-hydrogen) atoms. The summed E-state index contributed by atoms with van der Waals surface area (Å²) in [5.74, 6) is 0.917. The molecule has 0 aliphatic carbocycles. The zero-order valence-electron chi connectivity index (χ0n) is 9.21. The highest BCUT2D eigenvalue weighted by Crippen LogP contribution is 2.21. The topological polar surface area (TPSA) is 9.23 Å². The summed E-state index contributed by atoms with van der Waals surface area (Å²) < 4.78 is 5.12. The lowest BCUT2D eigenvalue weighted by Crippen LogP contribution is -1.85. The second kappa shape index (κ2) is 5.48. The first-order chi connectivity index (χ1) is 6.81. The van der Waals surface area contributed by atoms with E-state index >= 15 is 0 Å². The Hall–Kier alpha value is -1.24. The molecule has 0 aliphatic heterocycles. The van der Waals surface area contributed by atoms with Crippen molar-refractivity contribution in [3.8, 4) is 5.75 Å². The van der Waals surface area contributed by atoms with Gasteiger partial charge in [0.1, 0.15) is 5.75 Å². The van der Waals surface area contributed by atoms with Crippen LogP contribution in [0.4, 0.5) is 0 Å². The summed E-state index contributed by atoms with van der Waals surface area (Å²) in [6, 6.07) is 8.25. The van der Waals surface area contributed by atoms with Crippen LogP contribution in [0.2, 0.25) is 0 Å². The van der Waals surface area contributed by atoms with Crippen molar-refractivity contribution in [1.82, 2.24) is 0 Å². The highest BCUT2D eigenvalue weighted by atomic mass is 16.5. The lowest BCUT2D eigenvalue weighted by atomic mass is 10.0. The number of benzene rings is 1. The Balaban J connectivity index is 2.89. The van der Waals surface area contributed by atoms with Crippen molar-refractivity contribution in [2.45, 2.75) is 26.7 Å². The van der Waals surface area contributed by atoms with Gasteiger partial charge in [0.05, 0.1) is 7.11 Å². The minimum atomic E-state index is 0.917. The fourth-order valence-electron chi connectivity index (χ4n) is 1.52. The number of hydrogen-bond acceptors (Lipinski definition) is 1. The van der Waals surface area contributed by atoms with E-state index < -0.39 is 0 Å². The van der Waals surface area contributed by atoms with Crippen molar-refractivity contribution in [2.75, 3.05) is 7.11 Å². The smallest absolute Gasteiger partial charge is 0.118 e. The molecule has 0 saturated carbocycles. The minimum Gasteiger partial charge on any atom is -0.497 e. The van der Waals surface area contributed by atoms with Gasteiger partial charge in [-0.15, -0.1) is 0 Å². The molecular formula is C13H18O. The highest BCUT2D eigenvalue weighted by molar-refractivity contribution is 5.65. The first-order valence-electron chi connectivity index (χ1n) is 5.15. The quantitative estimate of drug-likeness (QED) is 0.699. The molecule has 0 aromatic heterocycles. The Bertz CT molecular complexity index is 296. The Morgan fingerprint density at radius 3 is 2.29 bits per heavy atom. The maximum Gasteiger partial charge on any atom is 0.118 e. The van der Waals surface area contributed by atoms with Gasteiger partial charge >= 0.3 is 0 Å². The molecule has 76 valence electrons. The average Bonchev–Trinajstić information content (AvgIpc) is 2.26. The molecule has 1 nitrogen and oxygen atoms in total. The van der Waals surface area contributed by atoms with Crippen LogP contribution in [0.5, 0.6) is 5.75 Å². The van der Waals surface area contributed by atoms with Crippen LogP contribution in [0.15, 0.2) is 30.3 Å². The van der Waals surface area contributed by atoms with E-state index in [0.717, 1.165) is 18.6 Å². The zero-order chi connectivity index (χ0) is 10.4. The SMILES string of the molecule is CC/C=C(\CC)c1ccc(OC)cc1. The first kappa shape index (κ1) is 10.8. The van der Waals surface area contributed by atoms with Crippen LogP contribution < -0.4 is 4.74 Å². The third-order valence-corrected chi connectivity index (χ3v) is 2.29. The van der Waals surface area contributed by atoms with Crippen molar-refractivity contribution in [3.05, 3.63) is 35.9 Å². The molecule has 0 spiro atoms. The van der Waals surface area contributed by atoms with Crippen molar-refractivity contribution in [1.29, 1.82) is 0 Å². The summed E-state index contributed by atoms with van der Waals surface area (Å²) in [7, 11) is 1.69. The van der Waals surface area contributed by atoms with Crippen LogP contribution in [0.1, 0.15) is 32.3 Å². The predicted octanol–water partition coefficient (Wildman–Crippen LogP) is 3.90. The van der Waals surface area contributed by atoms with Gasteiger partial charge in [-0.3, -0.25) is 0 Å². The lowest BCUT2D eigenvalue weighted by Gasteiger charge is -2.05. The largest absolute Gasteiger partial charge is 0.497 e.